The molecule has 0 aliphatic carbocycles. The molecule has 1 aromatic rings. The van der Waals surface area contributed by atoms with E-state index in [0.29, 0.717) is 31.6 Å². The van der Waals surface area contributed by atoms with Gasteiger partial charge in [-0.2, -0.15) is 0 Å². The van der Waals surface area contributed by atoms with E-state index in [1.54, 1.807) is 26.1 Å². The fourth-order valence-corrected chi connectivity index (χ4v) is 2.33. The van der Waals surface area contributed by atoms with Crippen molar-refractivity contribution in [2.75, 3.05) is 20.2 Å². The Bertz CT molecular complexity index is 553. The minimum Gasteiger partial charge on any atom is -0.450 e. The molecule has 26 heavy (non-hydrogen) atoms. The van der Waals surface area contributed by atoms with Crippen molar-refractivity contribution in [1.29, 1.82) is 0 Å². The molecule has 0 saturated carbocycles. The van der Waals surface area contributed by atoms with Crippen LogP contribution in [0.4, 0.5) is 9.18 Å². The standard InChI is InChI=1S/C18H29FN4O2.HI/c1-5-25-18(24)23-16(10-13(2)3)12-22-17(20-4)21-11-14-6-8-15(19)9-7-14;/h6-9,13,16H,5,10-12H2,1-4H3,(H,23,24)(H2,20,21,22);1H. The van der Waals surface area contributed by atoms with Crippen molar-refractivity contribution < 1.29 is 13.9 Å². The first-order valence-corrected chi connectivity index (χ1v) is 8.56. The first-order valence-electron chi connectivity index (χ1n) is 8.56. The molecule has 6 nitrogen and oxygen atoms in total. The maximum atomic E-state index is 12.9. The fourth-order valence-electron chi connectivity index (χ4n) is 2.33. The Labute approximate surface area is 172 Å². The highest BCUT2D eigenvalue weighted by Gasteiger charge is 2.15. The van der Waals surface area contributed by atoms with Crippen molar-refractivity contribution in [3.63, 3.8) is 0 Å². The van der Waals surface area contributed by atoms with E-state index in [1.165, 1.54) is 12.1 Å². The number of rotatable bonds is 8. The lowest BCUT2D eigenvalue weighted by atomic mass is 10.0. The summed E-state index contributed by atoms with van der Waals surface area (Å²) in [6.07, 6.45) is 0.407. The van der Waals surface area contributed by atoms with Gasteiger partial charge in [-0.25, -0.2) is 9.18 Å². The molecule has 0 bridgehead atoms. The van der Waals surface area contributed by atoms with Crippen LogP contribution in [0.1, 0.15) is 32.8 Å². The summed E-state index contributed by atoms with van der Waals surface area (Å²) in [5.41, 5.74) is 0.952. The molecule has 0 aromatic heterocycles. The van der Waals surface area contributed by atoms with E-state index < -0.39 is 6.09 Å². The lowest BCUT2D eigenvalue weighted by Crippen LogP contribution is -2.47. The zero-order valence-electron chi connectivity index (χ0n) is 15.8. The first kappa shape index (κ1) is 24.4. The minimum absolute atomic E-state index is 0. The molecule has 0 saturated heterocycles. The van der Waals surface area contributed by atoms with Crippen molar-refractivity contribution in [1.82, 2.24) is 16.0 Å². The highest BCUT2D eigenvalue weighted by Crippen LogP contribution is 2.05. The number of nitrogens with zero attached hydrogens (tertiary/aromatic N) is 1. The van der Waals surface area contributed by atoms with E-state index in [4.69, 9.17) is 4.74 Å². The van der Waals surface area contributed by atoms with Crippen LogP contribution in [0.5, 0.6) is 0 Å². The van der Waals surface area contributed by atoms with Crippen LogP contribution in [-0.2, 0) is 11.3 Å². The third kappa shape index (κ3) is 10.4. The monoisotopic (exact) mass is 480 g/mol. The van der Waals surface area contributed by atoms with Gasteiger partial charge in [0.25, 0.3) is 0 Å². The van der Waals surface area contributed by atoms with E-state index in [9.17, 15) is 9.18 Å². The lowest BCUT2D eigenvalue weighted by molar-refractivity contribution is 0.146. The number of nitrogens with one attached hydrogen (secondary N) is 3. The number of hydrogen-bond donors (Lipinski definition) is 3. The van der Waals surface area contributed by atoms with E-state index in [2.05, 4.69) is 34.8 Å². The highest BCUT2D eigenvalue weighted by atomic mass is 127. The second kappa shape index (κ2) is 13.6. The molecule has 0 heterocycles. The van der Waals surface area contributed by atoms with Crippen LogP contribution in [0, 0.1) is 11.7 Å². The van der Waals surface area contributed by atoms with E-state index in [1.807, 2.05) is 0 Å². The van der Waals surface area contributed by atoms with Crippen molar-refractivity contribution in [2.45, 2.75) is 39.8 Å². The predicted molar refractivity (Wildman–Crippen MR) is 113 cm³/mol. The molecule has 0 spiro atoms. The number of aliphatic imine (C=N–C) groups is 1. The number of hydrogen-bond acceptors (Lipinski definition) is 3. The van der Waals surface area contributed by atoms with Gasteiger partial charge in [-0.05, 0) is 37.0 Å². The van der Waals surface area contributed by atoms with Crippen molar-refractivity contribution >= 4 is 36.0 Å². The lowest BCUT2D eigenvalue weighted by Gasteiger charge is -2.22. The molecular formula is C18H30FIN4O2. The minimum atomic E-state index is -0.413. The summed E-state index contributed by atoms with van der Waals surface area (Å²) in [4.78, 5) is 15.8. The molecule has 1 atom stereocenters. The van der Waals surface area contributed by atoms with Gasteiger partial charge in [0.1, 0.15) is 5.82 Å². The van der Waals surface area contributed by atoms with Crippen LogP contribution < -0.4 is 16.0 Å². The Morgan fingerprint density at radius 1 is 1.23 bits per heavy atom. The largest absolute Gasteiger partial charge is 0.450 e. The maximum Gasteiger partial charge on any atom is 0.407 e. The van der Waals surface area contributed by atoms with Gasteiger partial charge < -0.3 is 20.7 Å². The molecular weight excluding hydrogens is 450 g/mol. The molecule has 1 rings (SSSR count). The summed E-state index contributed by atoms with van der Waals surface area (Å²) in [5.74, 6) is 0.791. The third-order valence-corrected chi connectivity index (χ3v) is 3.47. The van der Waals surface area contributed by atoms with Crippen molar-refractivity contribution in [2.24, 2.45) is 10.9 Å². The third-order valence-electron chi connectivity index (χ3n) is 3.47. The Hall–Kier alpha value is -1.58. The zero-order valence-corrected chi connectivity index (χ0v) is 18.2. The van der Waals surface area contributed by atoms with Gasteiger partial charge in [0.05, 0.1) is 6.61 Å². The fraction of sp³-hybridized carbons (Fsp3) is 0.556. The maximum absolute atomic E-state index is 12.9. The van der Waals surface area contributed by atoms with Gasteiger partial charge >= 0.3 is 6.09 Å². The van der Waals surface area contributed by atoms with E-state index in [0.717, 1.165) is 12.0 Å². The Kier molecular flexibility index (Phi) is 12.8. The summed E-state index contributed by atoms with van der Waals surface area (Å²) in [7, 11) is 1.68. The van der Waals surface area contributed by atoms with Crippen molar-refractivity contribution in [3.8, 4) is 0 Å². The average Bonchev–Trinajstić information content (AvgIpc) is 2.56. The molecule has 8 heteroatoms. The number of guanidine groups is 1. The Balaban J connectivity index is 0.00000625. The van der Waals surface area contributed by atoms with Gasteiger partial charge in [0, 0.05) is 26.2 Å². The molecule has 0 fully saturated rings. The van der Waals surface area contributed by atoms with Crippen LogP contribution in [0.2, 0.25) is 0 Å². The van der Waals surface area contributed by atoms with Gasteiger partial charge in [-0.1, -0.05) is 26.0 Å². The number of ether oxygens (including phenoxy) is 1. The van der Waals surface area contributed by atoms with Gasteiger partial charge in [0.15, 0.2) is 5.96 Å². The smallest absolute Gasteiger partial charge is 0.407 e. The van der Waals surface area contributed by atoms with E-state index >= 15 is 0 Å². The van der Waals surface area contributed by atoms with Crippen LogP contribution in [0.3, 0.4) is 0 Å². The number of amides is 1. The molecule has 1 amide bonds. The van der Waals surface area contributed by atoms with E-state index in [-0.39, 0.29) is 35.8 Å². The number of carbonyl (C=O) groups excluding carboxylic acids is 1. The quantitative estimate of drug-likeness (QED) is 0.304. The summed E-state index contributed by atoms with van der Waals surface area (Å²) >= 11 is 0. The number of halogens is 2. The Morgan fingerprint density at radius 3 is 2.42 bits per heavy atom. The van der Waals surface area contributed by atoms with Crippen LogP contribution in [-0.4, -0.2) is 38.3 Å². The highest BCUT2D eigenvalue weighted by molar-refractivity contribution is 14.0. The second-order valence-electron chi connectivity index (χ2n) is 6.12. The normalized spacial score (nSPS) is 12.2. The Morgan fingerprint density at radius 2 is 1.88 bits per heavy atom. The van der Waals surface area contributed by atoms with Crippen LogP contribution >= 0.6 is 24.0 Å². The van der Waals surface area contributed by atoms with Gasteiger partial charge in [-0.3, -0.25) is 4.99 Å². The van der Waals surface area contributed by atoms with Crippen LogP contribution in [0.15, 0.2) is 29.3 Å². The van der Waals surface area contributed by atoms with Crippen LogP contribution in [0.25, 0.3) is 0 Å². The summed E-state index contributed by atoms with van der Waals surface area (Å²) in [5, 5.41) is 9.22. The SMILES string of the molecule is CCOC(=O)NC(CNC(=NC)NCc1ccc(F)cc1)CC(C)C.I. The second-order valence-corrected chi connectivity index (χ2v) is 6.12. The molecule has 0 aliphatic rings. The molecule has 0 aliphatic heterocycles. The van der Waals surface area contributed by atoms with Gasteiger partial charge in [-0.15, -0.1) is 24.0 Å². The number of benzene rings is 1. The number of carbonyl (C=O) groups is 1. The molecule has 1 aromatic carbocycles. The summed E-state index contributed by atoms with van der Waals surface area (Å²) in [6.45, 7) is 7.37. The summed E-state index contributed by atoms with van der Waals surface area (Å²) < 4.78 is 17.9. The predicted octanol–water partition coefficient (Wildman–Crippen LogP) is 3.27. The molecule has 148 valence electrons. The zero-order chi connectivity index (χ0) is 18.7. The first-order chi connectivity index (χ1) is 11.9. The molecule has 1 unspecified atom stereocenters. The molecule has 3 N–H and O–H groups in total. The topological polar surface area (TPSA) is 74.8 Å². The van der Waals surface area contributed by atoms with Crippen molar-refractivity contribution in [3.05, 3.63) is 35.6 Å². The van der Waals surface area contributed by atoms with Gasteiger partial charge in [0.2, 0.25) is 0 Å². The molecule has 0 radical (unpaired) electrons. The summed E-state index contributed by atoms with van der Waals surface area (Å²) in [6, 6.07) is 6.23. The number of alkyl carbamates (subject to hydrolysis) is 1. The average molecular weight is 480 g/mol.